The Hall–Kier alpha value is -4.13. The second-order valence-corrected chi connectivity index (χ2v) is 9.37. The van der Waals surface area contributed by atoms with E-state index in [4.69, 9.17) is 0 Å². The Bertz CT molecular complexity index is 1430. The lowest BCUT2D eigenvalue weighted by molar-refractivity contribution is -0.124. The van der Waals surface area contributed by atoms with E-state index in [2.05, 4.69) is 5.10 Å². The second kappa shape index (κ2) is 7.70. The van der Waals surface area contributed by atoms with Crippen molar-refractivity contribution in [2.45, 2.75) is 25.9 Å². The molecule has 3 aliphatic rings. The summed E-state index contributed by atoms with van der Waals surface area (Å²) in [6.07, 6.45) is 1.66. The summed E-state index contributed by atoms with van der Waals surface area (Å²) in [4.78, 5) is 42.8. The van der Waals surface area contributed by atoms with Gasteiger partial charge in [-0.2, -0.15) is 5.10 Å². The van der Waals surface area contributed by atoms with Crippen LogP contribution in [-0.4, -0.2) is 34.9 Å². The minimum absolute atomic E-state index is 0.273. The number of imide groups is 1. The van der Waals surface area contributed by atoms with Crippen molar-refractivity contribution >= 4 is 29.5 Å². The number of carbonyl (C=O) groups excluding carboxylic acids is 3. The number of Topliss-reactive ketones (excluding diaryl/α,β-unsaturated/α-hetero) is 1. The van der Waals surface area contributed by atoms with Crippen LogP contribution >= 0.6 is 0 Å². The molecule has 3 aliphatic heterocycles. The van der Waals surface area contributed by atoms with Crippen LogP contribution < -0.4 is 4.90 Å². The number of anilines is 1. The van der Waals surface area contributed by atoms with Gasteiger partial charge in [-0.3, -0.25) is 19.4 Å². The fourth-order valence-corrected chi connectivity index (χ4v) is 5.75. The van der Waals surface area contributed by atoms with E-state index in [0.29, 0.717) is 5.69 Å². The van der Waals surface area contributed by atoms with Gasteiger partial charge in [0.05, 0.1) is 29.8 Å². The third-order valence-electron chi connectivity index (χ3n) is 7.28. The zero-order valence-electron chi connectivity index (χ0n) is 19.2. The van der Waals surface area contributed by atoms with Gasteiger partial charge >= 0.3 is 0 Å². The van der Waals surface area contributed by atoms with Crippen molar-refractivity contribution in [2.24, 2.45) is 16.9 Å². The Kier molecular flexibility index (Phi) is 4.71. The molecule has 2 fully saturated rings. The lowest BCUT2D eigenvalue weighted by atomic mass is 9.83. The Balaban J connectivity index is 1.50. The van der Waals surface area contributed by atoms with Gasteiger partial charge in [-0.05, 0) is 60.9 Å². The number of hydrazone groups is 1. The molecule has 3 heterocycles. The third-order valence-corrected chi connectivity index (χ3v) is 7.28. The van der Waals surface area contributed by atoms with Gasteiger partial charge in [0, 0.05) is 5.56 Å². The molecule has 35 heavy (non-hydrogen) atoms. The molecule has 0 N–H and O–H groups in total. The number of halogens is 1. The number of nitrogens with zero attached hydrogens (tertiary/aromatic N) is 3. The monoisotopic (exact) mass is 467 g/mol. The maximum Gasteiger partial charge on any atom is 0.240 e. The molecule has 0 unspecified atom stereocenters. The summed E-state index contributed by atoms with van der Waals surface area (Å²) in [5, 5.41) is 6.16. The molecule has 4 atom stereocenters. The van der Waals surface area contributed by atoms with Crippen LogP contribution in [0, 0.1) is 31.5 Å². The highest BCUT2D eigenvalue weighted by Crippen LogP contribution is 2.53. The number of hydrogen-bond donors (Lipinski definition) is 0. The van der Waals surface area contributed by atoms with Crippen molar-refractivity contribution in [3.8, 4) is 0 Å². The minimum Gasteiger partial charge on any atom is -0.292 e. The van der Waals surface area contributed by atoms with Gasteiger partial charge in [0.15, 0.2) is 5.78 Å². The normalized spacial score (nSPS) is 24.4. The molecular formula is C28H22FN3O3. The van der Waals surface area contributed by atoms with Crippen molar-refractivity contribution in [2.75, 3.05) is 4.90 Å². The van der Waals surface area contributed by atoms with Crippen LogP contribution in [0.5, 0.6) is 0 Å². The molecule has 3 aromatic carbocycles. The van der Waals surface area contributed by atoms with Crippen molar-refractivity contribution in [3.63, 3.8) is 0 Å². The Morgan fingerprint density at radius 1 is 0.914 bits per heavy atom. The van der Waals surface area contributed by atoms with Crippen LogP contribution in [0.3, 0.4) is 0 Å². The number of carbonyl (C=O) groups is 3. The van der Waals surface area contributed by atoms with Crippen LogP contribution in [0.2, 0.25) is 0 Å². The summed E-state index contributed by atoms with van der Waals surface area (Å²) in [5.41, 5.74) is 4.36. The van der Waals surface area contributed by atoms with Gasteiger partial charge in [0.25, 0.3) is 0 Å². The average Bonchev–Trinajstić information content (AvgIpc) is 3.32. The van der Waals surface area contributed by atoms with Gasteiger partial charge in [-0.15, -0.1) is 0 Å². The quantitative estimate of drug-likeness (QED) is 0.428. The predicted molar refractivity (Wildman–Crippen MR) is 129 cm³/mol. The lowest BCUT2D eigenvalue weighted by Gasteiger charge is -2.34. The summed E-state index contributed by atoms with van der Waals surface area (Å²) in [5.74, 6) is -3.23. The third kappa shape index (κ3) is 3.07. The smallest absolute Gasteiger partial charge is 0.240 e. The molecule has 7 heteroatoms. The summed E-state index contributed by atoms with van der Waals surface area (Å²) >= 11 is 0. The molecule has 2 saturated heterocycles. The Morgan fingerprint density at radius 2 is 1.63 bits per heavy atom. The first-order chi connectivity index (χ1) is 16.9. The van der Waals surface area contributed by atoms with E-state index >= 15 is 0 Å². The van der Waals surface area contributed by atoms with Gasteiger partial charge in [0.2, 0.25) is 11.8 Å². The van der Waals surface area contributed by atoms with E-state index < -0.39 is 35.6 Å². The summed E-state index contributed by atoms with van der Waals surface area (Å²) < 4.78 is 13.5. The van der Waals surface area contributed by atoms with Crippen molar-refractivity contribution in [1.82, 2.24) is 5.01 Å². The highest BCUT2D eigenvalue weighted by atomic mass is 19.1. The van der Waals surface area contributed by atoms with Gasteiger partial charge in [-0.25, -0.2) is 9.29 Å². The molecule has 174 valence electrons. The second-order valence-electron chi connectivity index (χ2n) is 9.37. The molecule has 2 amide bonds. The molecule has 0 spiro atoms. The van der Waals surface area contributed by atoms with Gasteiger partial charge in [-0.1, -0.05) is 42.0 Å². The van der Waals surface area contributed by atoms with Crippen LogP contribution in [0.25, 0.3) is 0 Å². The van der Waals surface area contributed by atoms with Gasteiger partial charge in [0.1, 0.15) is 11.9 Å². The minimum atomic E-state index is -0.979. The Labute approximate surface area is 201 Å². The van der Waals surface area contributed by atoms with Crippen molar-refractivity contribution in [3.05, 3.63) is 100 Å². The van der Waals surface area contributed by atoms with E-state index in [1.165, 1.54) is 29.2 Å². The van der Waals surface area contributed by atoms with Crippen LogP contribution in [-0.2, 0) is 9.59 Å². The molecule has 0 saturated carbocycles. The van der Waals surface area contributed by atoms with Crippen molar-refractivity contribution < 1.29 is 18.8 Å². The SMILES string of the molecule is Cc1ccc(N2C(=O)[C@@H]3[C@H](C2=O)[C@H]2c4ccccc4C=NN2[C@H]3C(=O)c2ccc(F)cc2)c(C)c1. The van der Waals surface area contributed by atoms with Gasteiger partial charge < -0.3 is 0 Å². The molecule has 6 nitrogen and oxygen atoms in total. The zero-order chi connectivity index (χ0) is 24.4. The number of aryl methyl sites for hydroxylation is 2. The molecule has 0 radical (unpaired) electrons. The molecule has 6 rings (SSSR count). The predicted octanol–water partition coefficient (Wildman–Crippen LogP) is 4.20. The van der Waals surface area contributed by atoms with E-state index in [9.17, 15) is 18.8 Å². The van der Waals surface area contributed by atoms with E-state index in [-0.39, 0.29) is 17.3 Å². The largest absolute Gasteiger partial charge is 0.292 e. The highest BCUT2D eigenvalue weighted by Gasteiger charge is 2.65. The molecule has 0 bridgehead atoms. The number of benzene rings is 3. The van der Waals surface area contributed by atoms with E-state index in [1.807, 2.05) is 50.2 Å². The fourth-order valence-electron chi connectivity index (χ4n) is 5.75. The van der Waals surface area contributed by atoms with E-state index in [0.717, 1.165) is 22.3 Å². The van der Waals surface area contributed by atoms with E-state index in [1.54, 1.807) is 17.3 Å². The van der Waals surface area contributed by atoms with Crippen LogP contribution in [0.15, 0.2) is 71.8 Å². The summed E-state index contributed by atoms with van der Waals surface area (Å²) in [6.45, 7) is 3.82. The lowest BCUT2D eigenvalue weighted by Crippen LogP contribution is -2.44. The first kappa shape index (κ1) is 21.4. The molecule has 0 aliphatic carbocycles. The van der Waals surface area contributed by atoms with Crippen molar-refractivity contribution in [1.29, 1.82) is 0 Å². The molecule has 0 aromatic heterocycles. The summed E-state index contributed by atoms with van der Waals surface area (Å²) in [7, 11) is 0. The van der Waals surface area contributed by atoms with Crippen LogP contribution in [0.4, 0.5) is 10.1 Å². The Morgan fingerprint density at radius 3 is 2.37 bits per heavy atom. The summed E-state index contributed by atoms with van der Waals surface area (Å²) in [6, 6.07) is 16.9. The topological polar surface area (TPSA) is 70.1 Å². The molecular weight excluding hydrogens is 445 g/mol. The number of hydrogen-bond acceptors (Lipinski definition) is 5. The fraction of sp³-hybridized carbons (Fsp3) is 0.214. The maximum absolute atomic E-state index is 13.9. The first-order valence-electron chi connectivity index (χ1n) is 11.5. The molecule has 3 aromatic rings. The maximum atomic E-state index is 13.9. The van der Waals surface area contributed by atoms with Crippen LogP contribution in [0.1, 0.15) is 38.7 Å². The number of amides is 2. The first-order valence-corrected chi connectivity index (χ1v) is 11.5. The standard InChI is InChI=1S/C28H22FN3O3/c1-15-7-12-21(16(2)13-15)31-27(34)22-23(28(31)35)25(26(33)17-8-10-19(29)11-9-17)32-24(22)20-6-4-3-5-18(20)14-30-32/h3-14,22-25H,1-2H3/t22-,23+,24+,25+/m0/s1. The number of ketones is 1. The zero-order valence-corrected chi connectivity index (χ0v) is 19.2. The number of rotatable bonds is 3. The average molecular weight is 468 g/mol. The highest BCUT2D eigenvalue weighted by molar-refractivity contribution is 6.25. The number of fused-ring (bicyclic) bond motifs is 5.